The van der Waals surface area contributed by atoms with Crippen molar-refractivity contribution < 1.29 is 0 Å². The van der Waals surface area contributed by atoms with E-state index in [1.54, 1.807) is 11.1 Å². The molecule has 4 rings (SSSR count). The third-order valence-electron chi connectivity index (χ3n) is 4.39. The van der Waals surface area contributed by atoms with Crippen LogP contribution in [0.2, 0.25) is 0 Å². The zero-order valence-corrected chi connectivity index (χ0v) is 10.9. The standard InChI is InChI=1S/C18H17N/c19-14-7-10-16-13(11-14)6-9-17-15-4-2-1-3-12(15)5-8-18(16)17/h1,3,6-7,9-11H,2,4-5,8,19H2. The highest BCUT2D eigenvalue weighted by atomic mass is 14.5. The Labute approximate surface area is 113 Å². The molecule has 0 bridgehead atoms. The molecule has 2 aliphatic rings. The van der Waals surface area contributed by atoms with Gasteiger partial charge in [0.05, 0.1) is 0 Å². The molecule has 19 heavy (non-hydrogen) atoms. The maximum absolute atomic E-state index is 5.89. The lowest BCUT2D eigenvalue weighted by Crippen LogP contribution is -2.07. The first-order valence-electron chi connectivity index (χ1n) is 7.03. The van der Waals surface area contributed by atoms with Gasteiger partial charge in [-0.05, 0) is 70.9 Å². The second kappa shape index (κ2) is 3.99. The molecular formula is C18H17N. The minimum atomic E-state index is 0.851. The number of nitrogen functional groups attached to an aromatic ring is 1. The molecule has 0 heterocycles. The van der Waals surface area contributed by atoms with Gasteiger partial charge in [-0.1, -0.05) is 30.4 Å². The molecule has 2 aromatic rings. The van der Waals surface area contributed by atoms with E-state index in [2.05, 4.69) is 36.4 Å². The quantitative estimate of drug-likeness (QED) is 0.683. The van der Waals surface area contributed by atoms with Crippen LogP contribution in [0.25, 0.3) is 16.3 Å². The largest absolute Gasteiger partial charge is 0.399 e. The van der Waals surface area contributed by atoms with Crippen molar-refractivity contribution in [2.45, 2.75) is 25.7 Å². The van der Waals surface area contributed by atoms with Crippen LogP contribution in [0.1, 0.15) is 30.4 Å². The lowest BCUT2D eigenvalue weighted by atomic mass is 9.79. The van der Waals surface area contributed by atoms with Crippen molar-refractivity contribution >= 4 is 22.0 Å². The molecule has 0 saturated carbocycles. The molecule has 1 nitrogen and oxygen atoms in total. The summed E-state index contributed by atoms with van der Waals surface area (Å²) < 4.78 is 0. The summed E-state index contributed by atoms with van der Waals surface area (Å²) in [5.74, 6) is 0. The minimum absolute atomic E-state index is 0.851. The maximum atomic E-state index is 5.89. The Kier molecular flexibility index (Phi) is 2.28. The smallest absolute Gasteiger partial charge is 0.0320 e. The summed E-state index contributed by atoms with van der Waals surface area (Å²) in [6.07, 6.45) is 9.35. The van der Waals surface area contributed by atoms with Crippen LogP contribution in [0, 0.1) is 0 Å². The fourth-order valence-corrected chi connectivity index (χ4v) is 3.48. The average Bonchev–Trinajstić information content (AvgIpc) is 2.46. The van der Waals surface area contributed by atoms with E-state index in [0.717, 1.165) is 12.1 Å². The second-order valence-corrected chi connectivity index (χ2v) is 5.52. The first-order chi connectivity index (χ1) is 9.33. The first-order valence-corrected chi connectivity index (χ1v) is 7.03. The van der Waals surface area contributed by atoms with E-state index in [-0.39, 0.29) is 0 Å². The highest BCUT2D eigenvalue weighted by Crippen LogP contribution is 2.40. The van der Waals surface area contributed by atoms with E-state index < -0.39 is 0 Å². The van der Waals surface area contributed by atoms with Gasteiger partial charge in [-0.3, -0.25) is 0 Å². The van der Waals surface area contributed by atoms with Gasteiger partial charge >= 0.3 is 0 Å². The van der Waals surface area contributed by atoms with Gasteiger partial charge in [-0.25, -0.2) is 0 Å². The molecule has 2 aromatic carbocycles. The van der Waals surface area contributed by atoms with Crippen LogP contribution in [0.15, 0.2) is 48.1 Å². The fraction of sp³-hybridized carbons (Fsp3) is 0.222. The third kappa shape index (κ3) is 1.61. The van der Waals surface area contributed by atoms with Gasteiger partial charge in [0.15, 0.2) is 0 Å². The Balaban J connectivity index is 2.00. The SMILES string of the molecule is Nc1ccc2c3c(ccc2c1)C1=C(C=CCC1)CC3. The summed E-state index contributed by atoms with van der Waals surface area (Å²) in [6, 6.07) is 10.8. The molecule has 0 radical (unpaired) electrons. The Hall–Kier alpha value is -2.02. The van der Waals surface area contributed by atoms with Crippen molar-refractivity contribution in [3.63, 3.8) is 0 Å². The molecule has 2 N–H and O–H groups in total. The third-order valence-corrected chi connectivity index (χ3v) is 4.39. The summed E-state index contributed by atoms with van der Waals surface area (Å²) in [7, 11) is 0. The van der Waals surface area contributed by atoms with Crippen molar-refractivity contribution in [3.8, 4) is 0 Å². The van der Waals surface area contributed by atoms with E-state index >= 15 is 0 Å². The normalized spacial score (nSPS) is 17.5. The lowest BCUT2D eigenvalue weighted by molar-refractivity contribution is 0.904. The van der Waals surface area contributed by atoms with Gasteiger partial charge in [-0.2, -0.15) is 0 Å². The van der Waals surface area contributed by atoms with E-state index in [1.807, 2.05) is 6.07 Å². The molecule has 0 aliphatic heterocycles. The average molecular weight is 247 g/mol. The van der Waals surface area contributed by atoms with E-state index in [9.17, 15) is 0 Å². The molecule has 0 spiro atoms. The number of rotatable bonds is 0. The fourth-order valence-electron chi connectivity index (χ4n) is 3.48. The predicted molar refractivity (Wildman–Crippen MR) is 82.0 cm³/mol. The van der Waals surface area contributed by atoms with Crippen molar-refractivity contribution in [3.05, 3.63) is 59.2 Å². The molecular weight excluding hydrogens is 230 g/mol. The monoisotopic (exact) mass is 247 g/mol. The summed E-state index contributed by atoms with van der Waals surface area (Å²) in [5, 5.41) is 2.65. The molecule has 94 valence electrons. The van der Waals surface area contributed by atoms with Crippen LogP contribution >= 0.6 is 0 Å². The van der Waals surface area contributed by atoms with E-state index in [0.29, 0.717) is 0 Å². The van der Waals surface area contributed by atoms with Gasteiger partial charge in [0, 0.05) is 5.69 Å². The summed E-state index contributed by atoms with van der Waals surface area (Å²) in [5.41, 5.74) is 12.9. The zero-order valence-electron chi connectivity index (χ0n) is 10.9. The lowest BCUT2D eigenvalue weighted by Gasteiger charge is -2.25. The van der Waals surface area contributed by atoms with Crippen LogP contribution < -0.4 is 5.73 Å². The topological polar surface area (TPSA) is 26.0 Å². The number of aryl methyl sites for hydroxylation is 1. The van der Waals surface area contributed by atoms with Crippen LogP contribution in [0.5, 0.6) is 0 Å². The van der Waals surface area contributed by atoms with Crippen molar-refractivity contribution in [2.75, 3.05) is 5.73 Å². The minimum Gasteiger partial charge on any atom is -0.399 e. The number of fused-ring (bicyclic) bond motifs is 4. The number of hydrogen-bond acceptors (Lipinski definition) is 1. The molecule has 0 atom stereocenters. The summed E-state index contributed by atoms with van der Waals surface area (Å²) in [6.45, 7) is 0. The molecule has 0 fully saturated rings. The Morgan fingerprint density at radius 2 is 1.89 bits per heavy atom. The number of benzene rings is 2. The second-order valence-electron chi connectivity index (χ2n) is 5.52. The summed E-state index contributed by atoms with van der Waals surface area (Å²) in [4.78, 5) is 0. The van der Waals surface area contributed by atoms with E-state index in [1.165, 1.54) is 41.2 Å². The number of anilines is 1. The Bertz CT molecular complexity index is 735. The van der Waals surface area contributed by atoms with Gasteiger partial charge in [0.2, 0.25) is 0 Å². The highest BCUT2D eigenvalue weighted by molar-refractivity contribution is 5.93. The van der Waals surface area contributed by atoms with Gasteiger partial charge < -0.3 is 5.73 Å². The van der Waals surface area contributed by atoms with Gasteiger partial charge in [0.25, 0.3) is 0 Å². The first kappa shape index (κ1) is 10.9. The predicted octanol–water partition coefficient (Wildman–Crippen LogP) is 4.47. The molecule has 0 unspecified atom stereocenters. The van der Waals surface area contributed by atoms with Crippen LogP contribution in [-0.4, -0.2) is 0 Å². The number of hydrogen-bond donors (Lipinski definition) is 1. The van der Waals surface area contributed by atoms with Gasteiger partial charge in [-0.15, -0.1) is 0 Å². The molecule has 0 aromatic heterocycles. The molecule has 0 saturated heterocycles. The van der Waals surface area contributed by atoms with Crippen LogP contribution in [-0.2, 0) is 6.42 Å². The van der Waals surface area contributed by atoms with Crippen molar-refractivity contribution in [2.24, 2.45) is 0 Å². The number of nitrogens with two attached hydrogens (primary N) is 1. The zero-order chi connectivity index (χ0) is 12.8. The molecule has 2 aliphatic carbocycles. The van der Waals surface area contributed by atoms with Crippen molar-refractivity contribution in [1.29, 1.82) is 0 Å². The Morgan fingerprint density at radius 3 is 2.84 bits per heavy atom. The Morgan fingerprint density at radius 1 is 0.947 bits per heavy atom. The van der Waals surface area contributed by atoms with Crippen LogP contribution in [0.3, 0.4) is 0 Å². The number of allylic oxidation sites excluding steroid dienone is 4. The van der Waals surface area contributed by atoms with Gasteiger partial charge in [0.1, 0.15) is 0 Å². The van der Waals surface area contributed by atoms with Crippen molar-refractivity contribution in [1.82, 2.24) is 0 Å². The van der Waals surface area contributed by atoms with Crippen LogP contribution in [0.4, 0.5) is 5.69 Å². The van der Waals surface area contributed by atoms with E-state index in [4.69, 9.17) is 5.73 Å². The molecule has 1 heteroatoms. The summed E-state index contributed by atoms with van der Waals surface area (Å²) >= 11 is 0. The molecule has 0 amide bonds. The maximum Gasteiger partial charge on any atom is 0.0320 e. The highest BCUT2D eigenvalue weighted by Gasteiger charge is 2.20.